The lowest BCUT2D eigenvalue weighted by atomic mass is 10.1. The van der Waals surface area contributed by atoms with Crippen molar-refractivity contribution in [1.29, 1.82) is 0 Å². The monoisotopic (exact) mass is 249 g/mol. The molecule has 0 spiro atoms. The van der Waals surface area contributed by atoms with Crippen molar-refractivity contribution in [3.63, 3.8) is 0 Å². The smallest absolute Gasteiger partial charge is 0.264 e. The number of nitrogens with one attached hydrogen (secondary N) is 1. The van der Waals surface area contributed by atoms with E-state index in [9.17, 15) is 4.79 Å². The molecule has 18 heavy (non-hydrogen) atoms. The minimum atomic E-state index is -0.387. The first-order chi connectivity index (χ1) is 8.71. The van der Waals surface area contributed by atoms with Crippen molar-refractivity contribution in [2.45, 2.75) is 0 Å². The van der Waals surface area contributed by atoms with E-state index in [1.807, 2.05) is 0 Å². The van der Waals surface area contributed by atoms with Gasteiger partial charge in [-0.25, -0.2) is 5.43 Å². The molecule has 6 heteroatoms. The lowest BCUT2D eigenvalue weighted by Crippen LogP contribution is -2.15. The second kappa shape index (κ2) is 6.95. The average Bonchev–Trinajstić information content (AvgIpc) is 2.42. The lowest BCUT2D eigenvalue weighted by Gasteiger charge is -2.06. The van der Waals surface area contributed by atoms with Crippen LogP contribution in [0.4, 0.5) is 0 Å². The summed E-state index contributed by atoms with van der Waals surface area (Å²) >= 11 is 0. The number of hydrogen-bond donors (Lipinski definition) is 2. The molecule has 1 aromatic rings. The van der Waals surface area contributed by atoms with E-state index in [2.05, 4.69) is 10.5 Å². The molecule has 6 nitrogen and oxygen atoms in total. The molecule has 0 unspecified atom stereocenters. The second-order valence-corrected chi connectivity index (χ2v) is 3.20. The van der Waals surface area contributed by atoms with E-state index in [-0.39, 0.29) is 5.91 Å². The number of nitrogens with zero attached hydrogens (tertiary/aromatic N) is 1. The van der Waals surface area contributed by atoms with Gasteiger partial charge in [0, 0.05) is 11.6 Å². The lowest BCUT2D eigenvalue weighted by molar-refractivity contribution is -0.116. The maximum atomic E-state index is 11.3. The van der Waals surface area contributed by atoms with Gasteiger partial charge < -0.3 is 15.2 Å². The topological polar surface area (TPSA) is 85.9 Å². The van der Waals surface area contributed by atoms with Gasteiger partial charge in [-0.3, -0.25) is 4.79 Å². The van der Waals surface area contributed by atoms with E-state index >= 15 is 0 Å². The third kappa shape index (κ3) is 3.82. The van der Waals surface area contributed by atoms with Crippen LogP contribution in [0.2, 0.25) is 0 Å². The van der Waals surface area contributed by atoms with Crippen LogP contribution in [-0.2, 0) is 4.79 Å². The number of rotatable bonds is 5. The van der Waals surface area contributed by atoms with Crippen LogP contribution in [0.25, 0.3) is 6.08 Å². The third-order valence-corrected chi connectivity index (χ3v) is 2.10. The largest absolute Gasteiger partial charge is 0.497 e. The van der Waals surface area contributed by atoms with E-state index in [0.29, 0.717) is 11.5 Å². The second-order valence-electron chi connectivity index (χ2n) is 3.20. The van der Waals surface area contributed by atoms with Crippen molar-refractivity contribution in [2.75, 3.05) is 14.2 Å². The summed E-state index contributed by atoms with van der Waals surface area (Å²) in [6, 6.07) is 5.29. The maximum absolute atomic E-state index is 11.3. The molecule has 1 rings (SSSR count). The van der Waals surface area contributed by atoms with Crippen molar-refractivity contribution in [3.05, 3.63) is 29.8 Å². The third-order valence-electron chi connectivity index (χ3n) is 2.10. The predicted molar refractivity (Wildman–Crippen MR) is 69.4 cm³/mol. The minimum absolute atomic E-state index is 0.387. The van der Waals surface area contributed by atoms with Gasteiger partial charge in [-0.1, -0.05) is 0 Å². The summed E-state index contributed by atoms with van der Waals surface area (Å²) in [5.41, 5.74) is 7.94. The van der Waals surface area contributed by atoms with Crippen molar-refractivity contribution in [2.24, 2.45) is 10.8 Å². The van der Waals surface area contributed by atoms with Crippen LogP contribution in [0.5, 0.6) is 11.5 Å². The van der Waals surface area contributed by atoms with E-state index in [4.69, 9.17) is 15.2 Å². The molecule has 0 bridgehead atoms. The highest BCUT2D eigenvalue weighted by atomic mass is 16.5. The number of methoxy groups -OCH3 is 2. The zero-order valence-corrected chi connectivity index (χ0v) is 10.2. The van der Waals surface area contributed by atoms with E-state index < -0.39 is 0 Å². The Hall–Kier alpha value is -2.50. The van der Waals surface area contributed by atoms with Crippen LogP contribution in [0.3, 0.4) is 0 Å². The van der Waals surface area contributed by atoms with E-state index in [0.717, 1.165) is 11.9 Å². The standard InChI is InChI=1S/C12H15N3O3/c1-17-10-4-5-11(18-2)9(7-10)3-6-12(16)15-14-8-13/h3-8H,1-2H3,(H2,13,14)(H,15,16)/b6-3+. The van der Waals surface area contributed by atoms with Gasteiger partial charge in [0.25, 0.3) is 5.91 Å². The van der Waals surface area contributed by atoms with Crippen LogP contribution in [-0.4, -0.2) is 26.5 Å². The molecule has 0 aliphatic heterocycles. The van der Waals surface area contributed by atoms with E-state index in [1.54, 1.807) is 38.5 Å². The van der Waals surface area contributed by atoms with Gasteiger partial charge in [-0.15, -0.1) is 0 Å². The van der Waals surface area contributed by atoms with Gasteiger partial charge in [0.15, 0.2) is 0 Å². The maximum Gasteiger partial charge on any atom is 0.264 e. The van der Waals surface area contributed by atoms with Crippen molar-refractivity contribution >= 4 is 18.3 Å². The summed E-state index contributed by atoms with van der Waals surface area (Å²) in [5.74, 6) is 0.930. The van der Waals surface area contributed by atoms with Crippen LogP contribution in [0, 0.1) is 0 Å². The number of ether oxygens (including phenoxy) is 2. The molecule has 1 aromatic carbocycles. The fraction of sp³-hybridized carbons (Fsp3) is 0.167. The summed E-state index contributed by atoms with van der Waals surface area (Å²) in [6.07, 6.45) is 3.92. The highest BCUT2D eigenvalue weighted by Gasteiger charge is 2.02. The molecule has 0 radical (unpaired) electrons. The molecule has 0 aliphatic rings. The highest BCUT2D eigenvalue weighted by Crippen LogP contribution is 2.24. The molecule has 0 heterocycles. The number of hydrogen-bond acceptors (Lipinski definition) is 4. The fourth-order valence-electron chi connectivity index (χ4n) is 1.27. The Labute approximate surface area is 105 Å². The summed E-state index contributed by atoms with van der Waals surface area (Å²) in [4.78, 5) is 11.3. The SMILES string of the molecule is COc1ccc(OC)c(/C=C/C(=O)N/N=C/N)c1. The molecule has 0 saturated heterocycles. The zero-order chi connectivity index (χ0) is 13.4. The normalized spacial score (nSPS) is 10.8. The van der Waals surface area contributed by atoms with Crippen molar-refractivity contribution in [1.82, 2.24) is 5.43 Å². The number of carbonyl (C=O) groups is 1. The number of hydrazone groups is 1. The molecule has 0 aromatic heterocycles. The number of benzene rings is 1. The first-order valence-corrected chi connectivity index (χ1v) is 5.14. The van der Waals surface area contributed by atoms with Crippen molar-refractivity contribution < 1.29 is 14.3 Å². The van der Waals surface area contributed by atoms with Crippen molar-refractivity contribution in [3.8, 4) is 11.5 Å². The minimum Gasteiger partial charge on any atom is -0.497 e. The molecular formula is C12H15N3O3. The zero-order valence-electron chi connectivity index (χ0n) is 10.2. The Bertz CT molecular complexity index is 470. The number of nitrogens with two attached hydrogens (primary N) is 1. The summed E-state index contributed by atoms with van der Waals surface area (Å²) in [7, 11) is 3.12. The van der Waals surface area contributed by atoms with Gasteiger partial charge in [-0.05, 0) is 24.3 Å². The Balaban J connectivity index is 2.87. The van der Waals surface area contributed by atoms with Crippen LogP contribution < -0.4 is 20.6 Å². The Morgan fingerprint density at radius 3 is 2.78 bits per heavy atom. The van der Waals surface area contributed by atoms with Crippen LogP contribution >= 0.6 is 0 Å². The molecule has 0 atom stereocenters. The van der Waals surface area contributed by atoms with Gasteiger partial charge in [0.1, 0.15) is 17.8 Å². The molecule has 0 aliphatic carbocycles. The van der Waals surface area contributed by atoms with Crippen LogP contribution in [0.15, 0.2) is 29.4 Å². The molecule has 1 amide bonds. The molecule has 0 saturated carbocycles. The average molecular weight is 249 g/mol. The summed E-state index contributed by atoms with van der Waals surface area (Å²) in [6.45, 7) is 0. The quantitative estimate of drug-likeness (QED) is 0.349. The summed E-state index contributed by atoms with van der Waals surface area (Å²) in [5, 5.41) is 3.41. The first kappa shape index (κ1) is 13.6. The van der Waals surface area contributed by atoms with Gasteiger partial charge >= 0.3 is 0 Å². The molecule has 3 N–H and O–H groups in total. The van der Waals surface area contributed by atoms with Gasteiger partial charge in [0.05, 0.1) is 14.2 Å². The van der Waals surface area contributed by atoms with Gasteiger partial charge in [-0.2, -0.15) is 5.10 Å². The summed E-state index contributed by atoms with van der Waals surface area (Å²) < 4.78 is 10.3. The Morgan fingerprint density at radius 2 is 2.17 bits per heavy atom. The van der Waals surface area contributed by atoms with Crippen LogP contribution in [0.1, 0.15) is 5.56 Å². The highest BCUT2D eigenvalue weighted by molar-refractivity contribution is 5.92. The Morgan fingerprint density at radius 1 is 1.39 bits per heavy atom. The molecular weight excluding hydrogens is 234 g/mol. The van der Waals surface area contributed by atoms with E-state index in [1.165, 1.54) is 6.08 Å². The Kier molecular flexibility index (Phi) is 5.24. The predicted octanol–water partition coefficient (Wildman–Crippen LogP) is 0.735. The fourth-order valence-corrected chi connectivity index (χ4v) is 1.27. The molecule has 0 fully saturated rings. The molecule has 96 valence electrons. The first-order valence-electron chi connectivity index (χ1n) is 5.14. The number of carbonyl (C=O) groups excluding carboxylic acids is 1. The number of amides is 1. The van der Waals surface area contributed by atoms with Gasteiger partial charge in [0.2, 0.25) is 0 Å².